The first kappa shape index (κ1) is 6.36. The second-order valence-corrected chi connectivity index (χ2v) is 2.26. The molecule has 0 saturated heterocycles. The molecule has 2 rings (SSSR count). The fraction of sp³-hybridized carbons (Fsp3) is 0. The van der Waals surface area contributed by atoms with Crippen molar-refractivity contribution in [2.75, 3.05) is 5.73 Å². The molecule has 0 radical (unpaired) electrons. The van der Waals surface area contributed by atoms with Crippen LogP contribution in [0.25, 0.3) is 11.4 Å². The Morgan fingerprint density at radius 3 is 3.09 bits per heavy atom. The molecule has 0 fully saturated rings. The van der Waals surface area contributed by atoms with Crippen LogP contribution in [0.1, 0.15) is 0 Å². The molecule has 2 N–H and O–H groups in total. The normalized spacial score (nSPS) is 10.6. The summed E-state index contributed by atoms with van der Waals surface area (Å²) in [5.41, 5.74) is 5.87. The van der Waals surface area contributed by atoms with E-state index < -0.39 is 0 Å². The average Bonchev–Trinajstić information content (AvgIpc) is 2.27. The molecule has 0 spiro atoms. The number of hydrogen-bond donors (Lipinski definition) is 1. The number of hydrogen-bond acceptors (Lipinski definition) is 5. The molecule has 5 nitrogen and oxygen atoms in total. The van der Waals surface area contributed by atoms with E-state index in [9.17, 15) is 0 Å². The maximum atomic E-state index is 5.53. The van der Waals surface area contributed by atoms with E-state index >= 15 is 0 Å². The average molecular weight is 171 g/mol. The summed E-state index contributed by atoms with van der Waals surface area (Å²) in [6, 6.07) is 0.0438. The summed E-state index contributed by atoms with van der Waals surface area (Å²) in [4.78, 5) is 11.3. The van der Waals surface area contributed by atoms with Crippen molar-refractivity contribution in [3.63, 3.8) is 0 Å². The third kappa shape index (κ3) is 0.988. The van der Waals surface area contributed by atoms with Crippen LogP contribution >= 0.6 is 11.6 Å². The minimum Gasteiger partial charge on any atom is -0.403 e. The topological polar surface area (TPSA) is 77.8 Å². The molecule has 0 saturated carbocycles. The zero-order chi connectivity index (χ0) is 7.84. The van der Waals surface area contributed by atoms with Gasteiger partial charge in [-0.05, 0) is 0 Å². The molecule has 0 aliphatic rings. The lowest BCUT2D eigenvalue weighted by Crippen LogP contribution is -1.82. The van der Waals surface area contributed by atoms with Crippen LogP contribution in [-0.4, -0.2) is 15.0 Å². The molecule has 0 aliphatic heterocycles. The highest BCUT2D eigenvalue weighted by Crippen LogP contribution is 2.13. The number of rotatable bonds is 0. The third-order valence-corrected chi connectivity index (χ3v) is 1.29. The number of halogens is 1. The van der Waals surface area contributed by atoms with Crippen molar-refractivity contribution in [2.45, 2.75) is 0 Å². The first-order valence-corrected chi connectivity index (χ1v) is 3.18. The molecule has 0 aliphatic carbocycles. The SMILES string of the molecule is Nc1nc2nc(Cl)cnc2o1. The van der Waals surface area contributed by atoms with Crippen LogP contribution in [0.4, 0.5) is 6.01 Å². The first-order chi connectivity index (χ1) is 5.25. The second kappa shape index (κ2) is 2.06. The van der Waals surface area contributed by atoms with Crippen LogP contribution in [-0.2, 0) is 0 Å². The molecule has 0 amide bonds. The van der Waals surface area contributed by atoms with Gasteiger partial charge in [-0.1, -0.05) is 11.6 Å². The van der Waals surface area contributed by atoms with Gasteiger partial charge in [-0.2, -0.15) is 4.98 Å². The van der Waals surface area contributed by atoms with Crippen LogP contribution in [0, 0.1) is 0 Å². The highest BCUT2D eigenvalue weighted by Gasteiger charge is 2.04. The van der Waals surface area contributed by atoms with E-state index in [4.69, 9.17) is 21.8 Å². The highest BCUT2D eigenvalue weighted by molar-refractivity contribution is 6.29. The Morgan fingerprint density at radius 2 is 2.27 bits per heavy atom. The number of oxazole rings is 1. The minimum atomic E-state index is 0.0438. The van der Waals surface area contributed by atoms with Gasteiger partial charge in [0.05, 0.1) is 6.20 Å². The van der Waals surface area contributed by atoms with Gasteiger partial charge in [0.25, 0.3) is 11.7 Å². The van der Waals surface area contributed by atoms with Crippen molar-refractivity contribution in [1.29, 1.82) is 0 Å². The Balaban J connectivity index is 2.82. The fourth-order valence-corrected chi connectivity index (χ4v) is 0.847. The van der Waals surface area contributed by atoms with Crippen molar-refractivity contribution < 1.29 is 4.42 Å². The van der Waals surface area contributed by atoms with E-state index in [-0.39, 0.29) is 11.2 Å². The monoisotopic (exact) mass is 170 g/mol. The number of fused-ring (bicyclic) bond motifs is 1. The lowest BCUT2D eigenvalue weighted by Gasteiger charge is -1.83. The molecule has 56 valence electrons. The summed E-state index contributed by atoms with van der Waals surface area (Å²) in [6.07, 6.45) is 1.37. The summed E-state index contributed by atoms with van der Waals surface area (Å²) < 4.78 is 4.86. The zero-order valence-corrected chi connectivity index (χ0v) is 6.04. The van der Waals surface area contributed by atoms with E-state index in [2.05, 4.69) is 15.0 Å². The van der Waals surface area contributed by atoms with Crippen LogP contribution in [0.5, 0.6) is 0 Å². The Labute approximate surface area is 66.2 Å². The summed E-state index contributed by atoms with van der Waals surface area (Å²) in [5, 5.41) is 0.269. The fourth-order valence-electron chi connectivity index (χ4n) is 0.719. The van der Waals surface area contributed by atoms with E-state index in [1.165, 1.54) is 6.20 Å². The van der Waals surface area contributed by atoms with Gasteiger partial charge in [0.1, 0.15) is 5.15 Å². The smallest absolute Gasteiger partial charge is 0.295 e. The molecular formula is C5H3ClN4O. The molecule has 6 heteroatoms. The van der Waals surface area contributed by atoms with Crippen molar-refractivity contribution >= 4 is 29.0 Å². The molecule has 2 aromatic rings. The number of nitrogen functional groups attached to an aromatic ring is 1. The van der Waals surface area contributed by atoms with E-state index in [1.807, 2.05) is 0 Å². The van der Waals surface area contributed by atoms with Crippen LogP contribution in [0.15, 0.2) is 10.6 Å². The third-order valence-electron chi connectivity index (χ3n) is 1.11. The van der Waals surface area contributed by atoms with Gasteiger partial charge >= 0.3 is 0 Å². The van der Waals surface area contributed by atoms with Gasteiger partial charge in [0, 0.05) is 0 Å². The van der Waals surface area contributed by atoms with Crippen LogP contribution in [0.3, 0.4) is 0 Å². The minimum absolute atomic E-state index is 0.0438. The van der Waals surface area contributed by atoms with Gasteiger partial charge < -0.3 is 10.2 Å². The molecule has 0 bridgehead atoms. The summed E-state index contributed by atoms with van der Waals surface area (Å²) >= 11 is 5.53. The van der Waals surface area contributed by atoms with E-state index in [1.54, 1.807) is 0 Å². The Bertz CT molecular complexity index is 398. The lowest BCUT2D eigenvalue weighted by atomic mass is 10.7. The summed E-state index contributed by atoms with van der Waals surface area (Å²) in [7, 11) is 0. The zero-order valence-electron chi connectivity index (χ0n) is 5.28. The maximum Gasteiger partial charge on any atom is 0.295 e. The quantitative estimate of drug-likeness (QED) is 0.634. The molecule has 11 heavy (non-hydrogen) atoms. The lowest BCUT2D eigenvalue weighted by molar-refractivity contribution is 0.613. The van der Waals surface area contributed by atoms with Crippen LogP contribution < -0.4 is 5.73 Å². The van der Waals surface area contributed by atoms with Crippen molar-refractivity contribution in [3.8, 4) is 0 Å². The Kier molecular flexibility index (Phi) is 1.19. The van der Waals surface area contributed by atoms with Crippen molar-refractivity contribution in [2.24, 2.45) is 0 Å². The highest BCUT2D eigenvalue weighted by atomic mass is 35.5. The van der Waals surface area contributed by atoms with Crippen LogP contribution in [0.2, 0.25) is 5.15 Å². The maximum absolute atomic E-state index is 5.53. The molecule has 2 aromatic heterocycles. The standard InChI is InChI=1S/C5H3ClN4O/c6-2-1-8-4-3(9-2)10-5(7)11-4/h1H,(H2,7,9,10). The van der Waals surface area contributed by atoms with Gasteiger partial charge in [0.15, 0.2) is 0 Å². The van der Waals surface area contributed by atoms with Crippen molar-refractivity contribution in [3.05, 3.63) is 11.3 Å². The van der Waals surface area contributed by atoms with Gasteiger partial charge in [-0.15, -0.1) is 0 Å². The van der Waals surface area contributed by atoms with E-state index in [0.717, 1.165) is 0 Å². The summed E-state index contributed by atoms with van der Waals surface area (Å²) in [5.74, 6) is 0. The van der Waals surface area contributed by atoms with Gasteiger partial charge in [0.2, 0.25) is 5.65 Å². The molecule has 0 atom stereocenters. The number of aromatic nitrogens is 3. The van der Waals surface area contributed by atoms with Crippen molar-refractivity contribution in [1.82, 2.24) is 15.0 Å². The Hall–Kier alpha value is -1.36. The second-order valence-electron chi connectivity index (χ2n) is 1.87. The van der Waals surface area contributed by atoms with Gasteiger partial charge in [-0.3, -0.25) is 0 Å². The predicted molar refractivity (Wildman–Crippen MR) is 39.0 cm³/mol. The summed E-state index contributed by atoms with van der Waals surface area (Å²) in [6.45, 7) is 0. The van der Waals surface area contributed by atoms with E-state index in [0.29, 0.717) is 11.4 Å². The van der Waals surface area contributed by atoms with Gasteiger partial charge in [-0.25, -0.2) is 9.97 Å². The largest absolute Gasteiger partial charge is 0.403 e. The molecule has 0 unspecified atom stereocenters. The molecular weight excluding hydrogens is 168 g/mol. The molecule has 2 heterocycles. The number of nitrogens with two attached hydrogens (primary N) is 1. The first-order valence-electron chi connectivity index (χ1n) is 2.80. The molecule has 0 aromatic carbocycles. The number of anilines is 1. The Morgan fingerprint density at radius 1 is 1.45 bits per heavy atom. The number of nitrogens with zero attached hydrogens (tertiary/aromatic N) is 3. The predicted octanol–water partition coefficient (Wildman–Crippen LogP) is 0.853.